The highest BCUT2D eigenvalue weighted by Gasteiger charge is 2.41. The minimum Gasteiger partial charge on any atom is -0.493 e. The van der Waals surface area contributed by atoms with Crippen LogP contribution in [0.5, 0.6) is 17.2 Å². The van der Waals surface area contributed by atoms with Crippen molar-refractivity contribution in [3.05, 3.63) is 93.5 Å². The first kappa shape index (κ1) is 19.9. The van der Waals surface area contributed by atoms with Gasteiger partial charge >= 0.3 is 0 Å². The summed E-state index contributed by atoms with van der Waals surface area (Å²) in [5.41, 5.74) is 3.49. The lowest BCUT2D eigenvalue weighted by atomic mass is 9.95. The molecule has 0 amide bonds. The zero-order valence-electron chi connectivity index (χ0n) is 17.6. The number of methoxy groups -OCH3 is 2. The second-order valence-electron chi connectivity index (χ2n) is 7.58. The predicted molar refractivity (Wildman–Crippen MR) is 118 cm³/mol. The van der Waals surface area contributed by atoms with Crippen LogP contribution in [0.4, 0.5) is 5.69 Å². The van der Waals surface area contributed by atoms with Gasteiger partial charge in [-0.25, -0.2) is 5.01 Å². The fraction of sp³-hybridized carbons (Fsp3) is 0.208. The van der Waals surface area contributed by atoms with E-state index in [0.717, 1.165) is 22.4 Å². The summed E-state index contributed by atoms with van der Waals surface area (Å²) in [5.74, 6) is 1.89. The number of ether oxygens (including phenoxy) is 3. The van der Waals surface area contributed by atoms with Crippen molar-refractivity contribution in [2.24, 2.45) is 5.10 Å². The van der Waals surface area contributed by atoms with Gasteiger partial charge in [0.05, 0.1) is 30.9 Å². The first-order chi connectivity index (χ1) is 15.6. The lowest BCUT2D eigenvalue weighted by Gasteiger charge is -2.38. The molecule has 0 spiro atoms. The number of hydrogen-bond acceptors (Lipinski definition) is 7. The van der Waals surface area contributed by atoms with Crippen molar-refractivity contribution in [3.63, 3.8) is 0 Å². The molecule has 0 saturated carbocycles. The van der Waals surface area contributed by atoms with Crippen LogP contribution in [-0.4, -0.2) is 29.9 Å². The van der Waals surface area contributed by atoms with Gasteiger partial charge in [0.25, 0.3) is 5.69 Å². The number of fused-ring (bicyclic) bond motifs is 3. The number of hydrazone groups is 1. The first-order valence-corrected chi connectivity index (χ1v) is 10.2. The fourth-order valence-electron chi connectivity index (χ4n) is 4.22. The topological polar surface area (TPSA) is 86.4 Å². The Hall–Kier alpha value is -4.07. The van der Waals surface area contributed by atoms with Crippen LogP contribution in [0.25, 0.3) is 0 Å². The lowest BCUT2D eigenvalue weighted by molar-refractivity contribution is -0.385. The summed E-state index contributed by atoms with van der Waals surface area (Å²) in [7, 11) is 3.19. The normalized spacial score (nSPS) is 18.8. The van der Waals surface area contributed by atoms with Crippen molar-refractivity contribution in [1.29, 1.82) is 0 Å². The molecule has 0 fully saturated rings. The Kier molecular flexibility index (Phi) is 4.89. The highest BCUT2D eigenvalue weighted by molar-refractivity contribution is 6.02. The molecular weight excluding hydrogens is 410 g/mol. The summed E-state index contributed by atoms with van der Waals surface area (Å²) in [6.45, 7) is 0. The zero-order chi connectivity index (χ0) is 22.2. The van der Waals surface area contributed by atoms with Gasteiger partial charge in [-0.3, -0.25) is 10.1 Å². The van der Waals surface area contributed by atoms with Crippen LogP contribution < -0.4 is 14.2 Å². The van der Waals surface area contributed by atoms with Crippen LogP contribution >= 0.6 is 0 Å². The second-order valence-corrected chi connectivity index (χ2v) is 7.58. The minimum atomic E-state index is -0.437. The van der Waals surface area contributed by atoms with E-state index in [9.17, 15) is 10.1 Å². The van der Waals surface area contributed by atoms with Crippen molar-refractivity contribution in [1.82, 2.24) is 5.01 Å². The van der Waals surface area contributed by atoms with Gasteiger partial charge < -0.3 is 14.2 Å². The summed E-state index contributed by atoms with van der Waals surface area (Å²) >= 11 is 0. The van der Waals surface area contributed by atoms with E-state index in [1.807, 2.05) is 53.5 Å². The monoisotopic (exact) mass is 431 g/mol. The second kappa shape index (κ2) is 7.88. The molecule has 0 aliphatic carbocycles. The van der Waals surface area contributed by atoms with E-state index in [1.165, 1.54) is 6.07 Å². The Morgan fingerprint density at radius 2 is 1.81 bits per heavy atom. The van der Waals surface area contributed by atoms with E-state index in [0.29, 0.717) is 23.7 Å². The van der Waals surface area contributed by atoms with Crippen LogP contribution in [-0.2, 0) is 0 Å². The molecule has 2 aliphatic heterocycles. The van der Waals surface area contributed by atoms with Crippen molar-refractivity contribution in [2.45, 2.75) is 18.7 Å². The van der Waals surface area contributed by atoms with E-state index < -0.39 is 6.23 Å². The molecule has 0 bridgehead atoms. The number of hydrogen-bond donors (Lipinski definition) is 0. The molecule has 5 rings (SSSR count). The third-order valence-electron chi connectivity index (χ3n) is 5.79. The molecule has 3 aromatic carbocycles. The first-order valence-electron chi connectivity index (χ1n) is 10.2. The molecular formula is C24H21N3O5. The predicted octanol–water partition coefficient (Wildman–Crippen LogP) is 4.85. The van der Waals surface area contributed by atoms with Crippen molar-refractivity contribution in [2.75, 3.05) is 14.2 Å². The SMILES string of the molecule is COc1ccc(C2=NN3[C@@H](C2)c2cc([N+](=O)[O-])ccc2O[C@H]3c2ccccc2)cc1OC. The smallest absolute Gasteiger partial charge is 0.270 e. The maximum absolute atomic E-state index is 11.4. The van der Waals surface area contributed by atoms with Crippen molar-refractivity contribution >= 4 is 11.4 Å². The maximum atomic E-state index is 11.4. The van der Waals surface area contributed by atoms with Crippen LogP contribution in [0.15, 0.2) is 71.8 Å². The summed E-state index contributed by atoms with van der Waals surface area (Å²) in [4.78, 5) is 11.0. The van der Waals surface area contributed by atoms with Crippen LogP contribution in [0.2, 0.25) is 0 Å². The molecule has 0 radical (unpaired) electrons. The molecule has 2 heterocycles. The van der Waals surface area contributed by atoms with Gasteiger partial charge in [-0.1, -0.05) is 30.3 Å². The van der Waals surface area contributed by atoms with Gasteiger partial charge in [0.2, 0.25) is 6.23 Å². The average molecular weight is 431 g/mol. The molecule has 162 valence electrons. The van der Waals surface area contributed by atoms with E-state index >= 15 is 0 Å². The number of nitrogens with zero attached hydrogens (tertiary/aromatic N) is 3. The van der Waals surface area contributed by atoms with Gasteiger partial charge in [0.15, 0.2) is 11.5 Å². The Labute approximate surface area is 184 Å². The lowest BCUT2D eigenvalue weighted by Crippen LogP contribution is -2.33. The molecule has 0 N–H and O–H groups in total. The van der Waals surface area contributed by atoms with Crippen LogP contribution in [0.3, 0.4) is 0 Å². The zero-order valence-corrected chi connectivity index (χ0v) is 17.6. The summed E-state index contributed by atoms with van der Waals surface area (Å²) in [5, 5.41) is 18.2. The molecule has 2 aliphatic rings. The molecule has 0 saturated heterocycles. The van der Waals surface area contributed by atoms with Gasteiger partial charge in [0.1, 0.15) is 5.75 Å². The van der Waals surface area contributed by atoms with E-state index in [1.54, 1.807) is 26.4 Å². The molecule has 2 atom stereocenters. The van der Waals surface area contributed by atoms with E-state index in [4.69, 9.17) is 19.3 Å². The third kappa shape index (κ3) is 3.30. The quantitative estimate of drug-likeness (QED) is 0.424. The number of nitro benzene ring substituents is 1. The van der Waals surface area contributed by atoms with Crippen molar-refractivity contribution in [3.8, 4) is 17.2 Å². The maximum Gasteiger partial charge on any atom is 0.270 e. The van der Waals surface area contributed by atoms with Gasteiger partial charge in [0, 0.05) is 35.2 Å². The van der Waals surface area contributed by atoms with Gasteiger partial charge in [-0.2, -0.15) is 5.10 Å². The standard InChI is InChI=1S/C24H21N3O5/c1-30-22-10-8-16(12-23(22)31-2)19-14-20-18-13-17(27(28)29)9-11-21(18)32-24(26(20)25-19)15-6-4-3-5-7-15/h3-13,20,24H,14H2,1-2H3/t20-,24-/m0/s1. The number of nitro groups is 1. The summed E-state index contributed by atoms with van der Waals surface area (Å²) in [6, 6.07) is 20.0. The number of rotatable bonds is 5. The minimum absolute atomic E-state index is 0.0324. The third-order valence-corrected chi connectivity index (χ3v) is 5.79. The molecule has 3 aromatic rings. The van der Waals surface area contributed by atoms with E-state index in [-0.39, 0.29) is 16.7 Å². The molecule has 32 heavy (non-hydrogen) atoms. The summed E-state index contributed by atoms with van der Waals surface area (Å²) in [6.07, 6.45) is 0.142. The van der Waals surface area contributed by atoms with Crippen molar-refractivity contribution < 1.29 is 19.1 Å². The molecule has 8 nitrogen and oxygen atoms in total. The Balaban J connectivity index is 1.59. The highest BCUT2D eigenvalue weighted by Crippen LogP contribution is 2.48. The Morgan fingerprint density at radius 3 is 2.53 bits per heavy atom. The van der Waals surface area contributed by atoms with Gasteiger partial charge in [-0.15, -0.1) is 0 Å². The molecule has 8 heteroatoms. The van der Waals surface area contributed by atoms with Crippen LogP contribution in [0, 0.1) is 10.1 Å². The van der Waals surface area contributed by atoms with E-state index in [2.05, 4.69) is 0 Å². The number of benzene rings is 3. The van der Waals surface area contributed by atoms with Crippen LogP contribution in [0.1, 0.15) is 35.4 Å². The highest BCUT2D eigenvalue weighted by atomic mass is 16.6. The Morgan fingerprint density at radius 1 is 1.03 bits per heavy atom. The molecule has 0 unspecified atom stereocenters. The number of non-ortho nitro benzene ring substituents is 1. The fourth-order valence-corrected chi connectivity index (χ4v) is 4.22. The summed E-state index contributed by atoms with van der Waals surface area (Å²) < 4.78 is 17.1. The molecule has 0 aromatic heterocycles. The largest absolute Gasteiger partial charge is 0.493 e. The Bertz CT molecular complexity index is 1210. The average Bonchev–Trinajstić information content (AvgIpc) is 3.29. The van der Waals surface area contributed by atoms with Gasteiger partial charge in [-0.05, 0) is 24.3 Å².